The van der Waals surface area contributed by atoms with Crippen LogP contribution in [-0.4, -0.2) is 44.1 Å². The van der Waals surface area contributed by atoms with E-state index in [2.05, 4.69) is 15.6 Å². The zero-order valence-corrected chi connectivity index (χ0v) is 14.5. The number of halogens is 3. The van der Waals surface area contributed by atoms with Crippen LogP contribution in [0.2, 0.25) is 0 Å². The van der Waals surface area contributed by atoms with Crippen molar-refractivity contribution in [1.82, 2.24) is 19.9 Å². The number of carbonyl (C=O) groups is 1. The highest BCUT2D eigenvalue weighted by atomic mass is 19.4. The van der Waals surface area contributed by atoms with Gasteiger partial charge in [0.25, 0.3) is 0 Å². The van der Waals surface area contributed by atoms with Crippen LogP contribution in [0.3, 0.4) is 0 Å². The average Bonchev–Trinajstić information content (AvgIpc) is 3.09. The number of hydrogen-bond acceptors (Lipinski definition) is 4. The molecule has 27 heavy (non-hydrogen) atoms. The fourth-order valence-corrected chi connectivity index (χ4v) is 3.06. The number of benzene rings is 1. The molecule has 1 aromatic carbocycles. The average molecular weight is 383 g/mol. The molecule has 0 radical (unpaired) electrons. The van der Waals surface area contributed by atoms with Gasteiger partial charge < -0.3 is 15.3 Å². The minimum Gasteiger partial charge on any atom is -0.390 e. The number of anilines is 1. The smallest absolute Gasteiger partial charge is 0.390 e. The van der Waals surface area contributed by atoms with Crippen molar-refractivity contribution in [3.63, 3.8) is 0 Å². The molecule has 1 aliphatic heterocycles. The summed E-state index contributed by atoms with van der Waals surface area (Å²) in [6, 6.07) is 4.19. The maximum absolute atomic E-state index is 12.8. The van der Waals surface area contributed by atoms with E-state index < -0.39 is 17.8 Å². The molecule has 0 bridgehead atoms. The van der Waals surface area contributed by atoms with Crippen molar-refractivity contribution < 1.29 is 23.1 Å². The second-order valence-electron chi connectivity index (χ2n) is 6.53. The number of alkyl halides is 3. The van der Waals surface area contributed by atoms with Gasteiger partial charge in [0.2, 0.25) is 0 Å². The highest BCUT2D eigenvalue weighted by molar-refractivity contribution is 5.89. The maximum atomic E-state index is 12.8. The standard InChI is InChI=1S/C17H20F3N5O2/c18-17(19,20)13-2-1-3-14(8-13)21-16(27)24-6-4-12(5-7-24)9-25-10-15(11-26)22-23-25/h1-3,8,10,12,26H,4-7,9,11H2,(H,21,27). The largest absolute Gasteiger partial charge is 0.416 e. The molecule has 146 valence electrons. The third kappa shape index (κ3) is 4.97. The highest BCUT2D eigenvalue weighted by Crippen LogP contribution is 2.30. The molecule has 0 unspecified atom stereocenters. The minimum atomic E-state index is -4.45. The van der Waals surface area contributed by atoms with Gasteiger partial charge in [-0.15, -0.1) is 5.10 Å². The third-order valence-electron chi connectivity index (χ3n) is 4.54. The number of nitrogens with one attached hydrogen (secondary N) is 1. The molecule has 2 heterocycles. The van der Waals surface area contributed by atoms with Gasteiger partial charge in [-0.3, -0.25) is 4.68 Å². The number of hydrogen-bond donors (Lipinski definition) is 2. The molecule has 1 saturated heterocycles. The lowest BCUT2D eigenvalue weighted by molar-refractivity contribution is -0.137. The number of rotatable bonds is 4. The molecule has 2 N–H and O–H groups in total. The highest BCUT2D eigenvalue weighted by Gasteiger charge is 2.31. The number of urea groups is 1. The monoisotopic (exact) mass is 383 g/mol. The summed E-state index contributed by atoms with van der Waals surface area (Å²) >= 11 is 0. The number of likely N-dealkylation sites (tertiary alicyclic amines) is 1. The molecule has 0 saturated carbocycles. The summed E-state index contributed by atoms with van der Waals surface area (Å²) < 4.78 is 39.9. The second-order valence-corrected chi connectivity index (χ2v) is 6.53. The molecular formula is C17H20F3N5O2. The van der Waals surface area contributed by atoms with Gasteiger partial charge in [0, 0.05) is 25.3 Å². The molecule has 1 aromatic heterocycles. The van der Waals surface area contributed by atoms with Gasteiger partial charge >= 0.3 is 12.2 Å². The second kappa shape index (κ2) is 7.95. The minimum absolute atomic E-state index is 0.121. The van der Waals surface area contributed by atoms with E-state index in [4.69, 9.17) is 5.11 Å². The Kier molecular flexibility index (Phi) is 5.64. The first kappa shape index (κ1) is 19.2. The van der Waals surface area contributed by atoms with E-state index in [-0.39, 0.29) is 12.3 Å². The maximum Gasteiger partial charge on any atom is 0.416 e. The van der Waals surface area contributed by atoms with Crippen molar-refractivity contribution in [3.05, 3.63) is 41.7 Å². The zero-order chi connectivity index (χ0) is 19.4. The van der Waals surface area contributed by atoms with Crippen molar-refractivity contribution >= 4 is 11.7 Å². The van der Waals surface area contributed by atoms with Crippen molar-refractivity contribution in [2.75, 3.05) is 18.4 Å². The number of nitrogens with zero attached hydrogens (tertiary/aromatic N) is 4. The van der Waals surface area contributed by atoms with Crippen LogP contribution in [0.1, 0.15) is 24.1 Å². The summed E-state index contributed by atoms with van der Waals surface area (Å²) in [5, 5.41) is 19.3. The molecule has 2 aromatic rings. The van der Waals surface area contributed by atoms with Crippen molar-refractivity contribution in [2.24, 2.45) is 5.92 Å². The van der Waals surface area contributed by atoms with Gasteiger partial charge in [0.05, 0.1) is 18.4 Å². The fraction of sp³-hybridized carbons (Fsp3) is 0.471. The lowest BCUT2D eigenvalue weighted by Crippen LogP contribution is -2.41. The van der Waals surface area contributed by atoms with Crippen molar-refractivity contribution in [1.29, 1.82) is 0 Å². The third-order valence-corrected chi connectivity index (χ3v) is 4.54. The van der Waals surface area contributed by atoms with Crippen LogP contribution >= 0.6 is 0 Å². The first-order valence-electron chi connectivity index (χ1n) is 8.58. The predicted molar refractivity (Wildman–Crippen MR) is 90.7 cm³/mol. The predicted octanol–water partition coefficient (Wildman–Crippen LogP) is 2.73. The van der Waals surface area contributed by atoms with E-state index in [1.54, 1.807) is 15.8 Å². The van der Waals surface area contributed by atoms with Gasteiger partial charge in [-0.1, -0.05) is 11.3 Å². The summed E-state index contributed by atoms with van der Waals surface area (Å²) in [7, 11) is 0. The van der Waals surface area contributed by atoms with Crippen LogP contribution in [0.5, 0.6) is 0 Å². The van der Waals surface area contributed by atoms with Gasteiger partial charge in [-0.25, -0.2) is 4.79 Å². The topological polar surface area (TPSA) is 83.3 Å². The molecule has 0 spiro atoms. The van der Waals surface area contributed by atoms with E-state index in [1.165, 1.54) is 12.1 Å². The molecule has 1 aliphatic rings. The Bertz CT molecular complexity index is 785. The number of aliphatic hydroxyl groups excluding tert-OH is 1. The molecule has 1 fully saturated rings. The van der Waals surface area contributed by atoms with E-state index in [0.29, 0.717) is 31.2 Å². The van der Waals surface area contributed by atoms with Crippen LogP contribution < -0.4 is 5.32 Å². The van der Waals surface area contributed by atoms with Crippen molar-refractivity contribution in [2.45, 2.75) is 32.2 Å². The fourth-order valence-electron chi connectivity index (χ4n) is 3.06. The van der Waals surface area contributed by atoms with Crippen LogP contribution in [0.4, 0.5) is 23.7 Å². The number of carbonyl (C=O) groups excluding carboxylic acids is 1. The Hall–Kier alpha value is -2.62. The van der Waals surface area contributed by atoms with Crippen LogP contribution in [-0.2, 0) is 19.3 Å². The summed E-state index contributed by atoms with van der Waals surface area (Å²) in [5.74, 6) is 0.316. The Balaban J connectivity index is 1.51. The van der Waals surface area contributed by atoms with E-state index in [1.807, 2.05) is 0 Å². The normalized spacial score (nSPS) is 15.8. The lowest BCUT2D eigenvalue weighted by atomic mass is 9.97. The first-order chi connectivity index (χ1) is 12.8. The summed E-state index contributed by atoms with van der Waals surface area (Å²) in [5.41, 5.74) is -0.168. The molecule has 10 heteroatoms. The molecule has 7 nitrogen and oxygen atoms in total. The number of aliphatic hydroxyl groups is 1. The van der Waals surface area contributed by atoms with Gasteiger partial charge in [0.1, 0.15) is 5.69 Å². The lowest BCUT2D eigenvalue weighted by Gasteiger charge is -2.31. The Morgan fingerprint density at radius 2 is 2.04 bits per heavy atom. The number of piperidine rings is 1. The molecular weight excluding hydrogens is 363 g/mol. The Morgan fingerprint density at radius 3 is 2.67 bits per heavy atom. The van der Waals surface area contributed by atoms with E-state index >= 15 is 0 Å². The van der Waals surface area contributed by atoms with Gasteiger partial charge in [-0.05, 0) is 37.0 Å². The summed E-state index contributed by atoms with van der Waals surface area (Å²) in [6.45, 7) is 1.51. The molecule has 0 atom stereocenters. The van der Waals surface area contributed by atoms with Crippen LogP contribution in [0.25, 0.3) is 0 Å². The van der Waals surface area contributed by atoms with Crippen LogP contribution in [0.15, 0.2) is 30.5 Å². The molecule has 2 amide bonds. The van der Waals surface area contributed by atoms with E-state index in [9.17, 15) is 18.0 Å². The Morgan fingerprint density at radius 1 is 1.30 bits per heavy atom. The molecule has 3 rings (SSSR count). The SMILES string of the molecule is O=C(Nc1cccc(C(F)(F)F)c1)N1CCC(Cn2cc(CO)nn2)CC1. The summed E-state index contributed by atoms with van der Waals surface area (Å²) in [4.78, 5) is 13.9. The van der Waals surface area contributed by atoms with Gasteiger partial charge in [0.15, 0.2) is 0 Å². The number of aromatic nitrogens is 3. The van der Waals surface area contributed by atoms with E-state index in [0.717, 1.165) is 25.0 Å². The molecule has 0 aliphatic carbocycles. The number of amides is 2. The Labute approximate surface area is 153 Å². The first-order valence-corrected chi connectivity index (χ1v) is 8.58. The summed E-state index contributed by atoms with van der Waals surface area (Å²) in [6.07, 6.45) is -1.25. The van der Waals surface area contributed by atoms with Gasteiger partial charge in [-0.2, -0.15) is 13.2 Å². The quantitative estimate of drug-likeness (QED) is 0.851. The van der Waals surface area contributed by atoms with Crippen molar-refractivity contribution in [3.8, 4) is 0 Å². The zero-order valence-electron chi connectivity index (χ0n) is 14.5. The van der Waals surface area contributed by atoms with Crippen LogP contribution in [0, 0.1) is 5.92 Å².